The minimum atomic E-state index is -0.318. The van der Waals surface area contributed by atoms with Crippen molar-refractivity contribution in [1.29, 1.82) is 0 Å². The zero-order chi connectivity index (χ0) is 26.2. The highest BCUT2D eigenvalue weighted by molar-refractivity contribution is 5.98. The van der Waals surface area contributed by atoms with Crippen molar-refractivity contribution in [2.75, 3.05) is 13.2 Å². The van der Waals surface area contributed by atoms with Crippen LogP contribution in [0.3, 0.4) is 0 Å². The molecule has 0 radical (unpaired) electrons. The van der Waals surface area contributed by atoms with Crippen molar-refractivity contribution in [3.05, 3.63) is 83.2 Å². The van der Waals surface area contributed by atoms with E-state index < -0.39 is 0 Å². The van der Waals surface area contributed by atoms with Crippen LogP contribution in [0.4, 0.5) is 0 Å². The highest BCUT2D eigenvalue weighted by atomic mass is 16.5. The van der Waals surface area contributed by atoms with E-state index in [1.165, 1.54) is 0 Å². The van der Waals surface area contributed by atoms with E-state index in [1.807, 2.05) is 88.6 Å². The average Bonchev–Trinajstić information content (AvgIpc) is 3.35. The van der Waals surface area contributed by atoms with Gasteiger partial charge in [0.25, 0.3) is 0 Å². The quantitative estimate of drug-likeness (QED) is 0.349. The Labute approximate surface area is 211 Å². The van der Waals surface area contributed by atoms with Gasteiger partial charge in [-0.2, -0.15) is 10.2 Å². The Bertz CT molecular complexity index is 1310. The third kappa shape index (κ3) is 5.71. The Kier molecular flexibility index (Phi) is 8.78. The highest BCUT2D eigenvalue weighted by Crippen LogP contribution is 2.27. The van der Waals surface area contributed by atoms with Crippen molar-refractivity contribution in [3.8, 4) is 22.5 Å². The van der Waals surface area contributed by atoms with Gasteiger partial charge in [-0.05, 0) is 27.7 Å². The summed E-state index contributed by atoms with van der Waals surface area (Å²) in [6, 6.07) is 19.4. The number of rotatable bonds is 6. The SMILES string of the molecule is CCOC(=O)c1c(-c2ccccc2)nn(C)c1C.CCOC(=O)c1c(C)nn(C)c1-c1ccccc1. The van der Waals surface area contributed by atoms with Crippen LogP contribution in [0.15, 0.2) is 60.7 Å². The third-order valence-corrected chi connectivity index (χ3v) is 5.61. The zero-order valence-corrected chi connectivity index (χ0v) is 21.6. The van der Waals surface area contributed by atoms with Gasteiger partial charge in [-0.25, -0.2) is 9.59 Å². The Hall–Kier alpha value is -4.20. The molecule has 0 aliphatic heterocycles. The first kappa shape index (κ1) is 26.4. The van der Waals surface area contributed by atoms with E-state index in [2.05, 4.69) is 10.2 Å². The lowest BCUT2D eigenvalue weighted by molar-refractivity contribution is 0.0516. The lowest BCUT2D eigenvalue weighted by Gasteiger charge is -2.06. The Balaban J connectivity index is 0.000000201. The maximum atomic E-state index is 12.0. The topological polar surface area (TPSA) is 88.2 Å². The summed E-state index contributed by atoms with van der Waals surface area (Å²) in [6.07, 6.45) is 0. The second kappa shape index (κ2) is 12.0. The number of benzene rings is 2. The third-order valence-electron chi connectivity index (χ3n) is 5.61. The number of carbonyl (C=O) groups is 2. The van der Waals surface area contributed by atoms with Crippen LogP contribution in [-0.4, -0.2) is 44.7 Å². The van der Waals surface area contributed by atoms with Gasteiger partial charge in [0.2, 0.25) is 0 Å². The smallest absolute Gasteiger partial charge is 0.342 e. The van der Waals surface area contributed by atoms with Gasteiger partial charge in [0.05, 0.1) is 30.3 Å². The highest BCUT2D eigenvalue weighted by Gasteiger charge is 2.23. The minimum Gasteiger partial charge on any atom is -0.462 e. The largest absolute Gasteiger partial charge is 0.462 e. The number of nitrogens with zero attached hydrogens (tertiary/aromatic N) is 4. The van der Waals surface area contributed by atoms with Gasteiger partial charge in [-0.15, -0.1) is 0 Å². The van der Waals surface area contributed by atoms with Crippen molar-refractivity contribution in [2.24, 2.45) is 14.1 Å². The fraction of sp³-hybridized carbons (Fsp3) is 0.286. The summed E-state index contributed by atoms with van der Waals surface area (Å²) in [5.41, 5.74) is 5.95. The lowest BCUT2D eigenvalue weighted by atomic mass is 10.1. The molecule has 0 spiro atoms. The van der Waals surface area contributed by atoms with Crippen molar-refractivity contribution < 1.29 is 19.1 Å². The number of ether oxygens (including phenoxy) is 2. The van der Waals surface area contributed by atoms with Crippen LogP contribution in [0.1, 0.15) is 46.0 Å². The van der Waals surface area contributed by atoms with Gasteiger partial charge in [-0.3, -0.25) is 9.36 Å². The molecule has 36 heavy (non-hydrogen) atoms. The standard InChI is InChI=1S/2C14H16N2O2/c1-4-18-14(17)12-10(2)16(3)15-13(12)11-8-6-5-7-9-11;1-4-18-14(17)12-10(2)15-16(3)13(12)11-8-6-5-7-9-11/h2*5-9H,4H2,1-3H3. The molecule has 0 fully saturated rings. The second-order valence-electron chi connectivity index (χ2n) is 8.04. The van der Waals surface area contributed by atoms with Gasteiger partial charge in [0.1, 0.15) is 16.8 Å². The molecule has 2 aromatic heterocycles. The molecule has 0 unspecified atom stereocenters. The normalized spacial score (nSPS) is 10.4. The molecule has 2 aromatic carbocycles. The van der Waals surface area contributed by atoms with Crippen LogP contribution >= 0.6 is 0 Å². The predicted molar refractivity (Wildman–Crippen MR) is 139 cm³/mol. The summed E-state index contributed by atoms with van der Waals surface area (Å²) >= 11 is 0. The summed E-state index contributed by atoms with van der Waals surface area (Å²) in [6.45, 7) is 8.00. The summed E-state index contributed by atoms with van der Waals surface area (Å²) in [5, 5.41) is 8.71. The van der Waals surface area contributed by atoms with E-state index in [4.69, 9.17) is 9.47 Å². The molecule has 0 saturated carbocycles. The van der Waals surface area contributed by atoms with E-state index in [-0.39, 0.29) is 11.9 Å². The molecule has 0 saturated heterocycles. The Morgan fingerprint density at radius 2 is 1.22 bits per heavy atom. The molecular formula is C28H32N4O4. The predicted octanol–water partition coefficient (Wildman–Crippen LogP) is 5.14. The molecule has 0 aliphatic carbocycles. The molecule has 2 heterocycles. The van der Waals surface area contributed by atoms with Crippen LogP contribution < -0.4 is 0 Å². The first-order chi connectivity index (χ1) is 17.3. The van der Waals surface area contributed by atoms with Crippen LogP contribution in [0.25, 0.3) is 22.5 Å². The number of hydrogen-bond acceptors (Lipinski definition) is 6. The molecule has 188 valence electrons. The molecule has 0 aliphatic rings. The van der Waals surface area contributed by atoms with Gasteiger partial charge in [0, 0.05) is 25.2 Å². The Morgan fingerprint density at radius 1 is 0.722 bits per heavy atom. The number of carbonyl (C=O) groups excluding carboxylic acids is 2. The van der Waals surface area contributed by atoms with E-state index in [0.29, 0.717) is 35.7 Å². The van der Waals surface area contributed by atoms with Crippen molar-refractivity contribution in [1.82, 2.24) is 19.6 Å². The molecule has 0 bridgehead atoms. The number of esters is 2. The minimum absolute atomic E-state index is 0.318. The first-order valence-electron chi connectivity index (χ1n) is 11.8. The molecule has 4 aromatic rings. The fourth-order valence-electron chi connectivity index (χ4n) is 3.89. The zero-order valence-electron chi connectivity index (χ0n) is 21.6. The lowest BCUT2D eigenvalue weighted by Crippen LogP contribution is -2.07. The second-order valence-corrected chi connectivity index (χ2v) is 8.04. The fourth-order valence-corrected chi connectivity index (χ4v) is 3.89. The molecule has 0 amide bonds. The van der Waals surface area contributed by atoms with Crippen molar-refractivity contribution >= 4 is 11.9 Å². The Morgan fingerprint density at radius 3 is 1.75 bits per heavy atom. The number of aryl methyl sites for hydroxylation is 3. The van der Waals surface area contributed by atoms with Crippen molar-refractivity contribution in [3.63, 3.8) is 0 Å². The molecule has 0 N–H and O–H groups in total. The number of aromatic nitrogens is 4. The summed E-state index contributed by atoms with van der Waals surface area (Å²) in [4.78, 5) is 24.0. The monoisotopic (exact) mass is 488 g/mol. The van der Waals surface area contributed by atoms with Gasteiger partial charge < -0.3 is 9.47 Å². The van der Waals surface area contributed by atoms with Gasteiger partial charge in [0.15, 0.2) is 0 Å². The van der Waals surface area contributed by atoms with Crippen LogP contribution in [0, 0.1) is 13.8 Å². The summed E-state index contributed by atoms with van der Waals surface area (Å²) < 4.78 is 13.6. The number of hydrogen-bond donors (Lipinski definition) is 0. The van der Waals surface area contributed by atoms with E-state index in [9.17, 15) is 9.59 Å². The van der Waals surface area contributed by atoms with Gasteiger partial charge in [-0.1, -0.05) is 60.7 Å². The van der Waals surface area contributed by atoms with E-state index >= 15 is 0 Å². The maximum absolute atomic E-state index is 12.0. The molecule has 8 nitrogen and oxygen atoms in total. The van der Waals surface area contributed by atoms with Crippen LogP contribution in [-0.2, 0) is 23.6 Å². The van der Waals surface area contributed by atoms with Crippen molar-refractivity contribution in [2.45, 2.75) is 27.7 Å². The maximum Gasteiger partial charge on any atom is 0.342 e. The van der Waals surface area contributed by atoms with E-state index in [1.54, 1.807) is 23.2 Å². The molecule has 0 atom stereocenters. The average molecular weight is 489 g/mol. The summed E-state index contributed by atoms with van der Waals surface area (Å²) in [5.74, 6) is -0.635. The first-order valence-corrected chi connectivity index (χ1v) is 11.8. The molecular weight excluding hydrogens is 456 g/mol. The van der Waals surface area contributed by atoms with Gasteiger partial charge >= 0.3 is 11.9 Å². The molecule has 4 rings (SSSR count). The van der Waals surface area contributed by atoms with Crippen LogP contribution in [0.2, 0.25) is 0 Å². The van der Waals surface area contributed by atoms with Crippen LogP contribution in [0.5, 0.6) is 0 Å². The summed E-state index contributed by atoms with van der Waals surface area (Å²) in [7, 11) is 3.66. The van der Waals surface area contributed by atoms with E-state index in [0.717, 1.165) is 22.5 Å². The molecule has 8 heteroatoms.